The fourth-order valence-electron chi connectivity index (χ4n) is 1.96. The summed E-state index contributed by atoms with van der Waals surface area (Å²) in [6, 6.07) is 8.46. The molecule has 0 fully saturated rings. The summed E-state index contributed by atoms with van der Waals surface area (Å²) >= 11 is 0. The first-order chi connectivity index (χ1) is 11.0. The van der Waals surface area contributed by atoms with Crippen LogP contribution in [0.25, 0.3) is 0 Å². The molecule has 0 unspecified atom stereocenters. The number of benzene rings is 1. The minimum Gasteiger partial charge on any atom is -0.496 e. The number of esters is 1. The van der Waals surface area contributed by atoms with Crippen LogP contribution in [-0.2, 0) is 16.1 Å². The van der Waals surface area contributed by atoms with E-state index in [-0.39, 0.29) is 6.54 Å². The van der Waals surface area contributed by atoms with Crippen LogP contribution in [0.1, 0.15) is 28.6 Å². The Bertz CT molecular complexity index is 678. The van der Waals surface area contributed by atoms with Crippen LogP contribution in [0.4, 0.5) is 0 Å². The number of rotatable bonds is 6. The van der Waals surface area contributed by atoms with Crippen molar-refractivity contribution in [3.63, 3.8) is 0 Å². The molecule has 1 atom stereocenters. The van der Waals surface area contributed by atoms with Gasteiger partial charge in [-0.3, -0.25) is 4.79 Å². The molecule has 0 aliphatic heterocycles. The zero-order chi connectivity index (χ0) is 16.8. The third-order valence-corrected chi connectivity index (χ3v) is 3.31. The van der Waals surface area contributed by atoms with Crippen molar-refractivity contribution in [2.45, 2.75) is 26.5 Å². The van der Waals surface area contributed by atoms with Gasteiger partial charge in [-0.15, -0.1) is 0 Å². The Morgan fingerprint density at radius 1 is 1.30 bits per heavy atom. The van der Waals surface area contributed by atoms with Crippen LogP contribution in [-0.4, -0.2) is 25.1 Å². The molecule has 1 aromatic carbocycles. The second-order valence-electron chi connectivity index (χ2n) is 5.03. The van der Waals surface area contributed by atoms with Crippen LogP contribution in [0.3, 0.4) is 0 Å². The number of furan rings is 1. The lowest BCUT2D eigenvalue weighted by molar-refractivity contribution is -0.129. The predicted octanol–water partition coefficient (Wildman–Crippen LogP) is 2.46. The van der Waals surface area contributed by atoms with Gasteiger partial charge in [-0.05, 0) is 43.7 Å². The number of carbonyl (C=O) groups is 2. The van der Waals surface area contributed by atoms with Crippen LogP contribution < -0.4 is 10.1 Å². The summed E-state index contributed by atoms with van der Waals surface area (Å²) in [6.07, 6.45) is 0.611. The summed E-state index contributed by atoms with van der Waals surface area (Å²) in [5.74, 6) is 0.243. The van der Waals surface area contributed by atoms with E-state index in [9.17, 15) is 9.59 Å². The molecule has 6 heteroatoms. The zero-order valence-electron chi connectivity index (χ0n) is 13.3. The normalized spacial score (nSPS) is 11.6. The Morgan fingerprint density at radius 2 is 2.09 bits per heavy atom. The summed E-state index contributed by atoms with van der Waals surface area (Å²) < 4.78 is 15.5. The fourth-order valence-corrected chi connectivity index (χ4v) is 1.96. The van der Waals surface area contributed by atoms with Gasteiger partial charge in [-0.25, -0.2) is 4.79 Å². The van der Waals surface area contributed by atoms with Gasteiger partial charge in [0.1, 0.15) is 11.5 Å². The Balaban J connectivity index is 1.92. The van der Waals surface area contributed by atoms with E-state index in [4.69, 9.17) is 13.9 Å². The molecule has 1 aromatic heterocycles. The Kier molecular flexibility index (Phi) is 5.41. The third-order valence-electron chi connectivity index (χ3n) is 3.31. The Morgan fingerprint density at radius 3 is 2.74 bits per heavy atom. The van der Waals surface area contributed by atoms with E-state index in [1.165, 1.54) is 20.3 Å². The van der Waals surface area contributed by atoms with Gasteiger partial charge in [0.25, 0.3) is 5.91 Å². The Labute approximate surface area is 134 Å². The molecular weight excluding hydrogens is 298 g/mol. The van der Waals surface area contributed by atoms with Crippen LogP contribution in [0.2, 0.25) is 0 Å². The molecule has 6 nitrogen and oxygen atoms in total. The predicted molar refractivity (Wildman–Crippen MR) is 83.2 cm³/mol. The zero-order valence-corrected chi connectivity index (χ0v) is 13.3. The number of amides is 1. The number of nitrogens with one attached hydrogen (secondary N) is 1. The van der Waals surface area contributed by atoms with Crippen molar-refractivity contribution in [3.05, 3.63) is 53.5 Å². The first kappa shape index (κ1) is 16.6. The standard InChI is InChI=1S/C17H19NO5/c1-11-6-7-13(9-15(11)21-3)17(20)23-12(2)16(19)18-10-14-5-4-8-22-14/h4-9,12H,10H2,1-3H3,(H,18,19)/t12-/m0/s1. The lowest BCUT2D eigenvalue weighted by Crippen LogP contribution is -2.35. The van der Waals surface area contributed by atoms with Crippen molar-refractivity contribution in [2.24, 2.45) is 0 Å². The molecule has 122 valence electrons. The monoisotopic (exact) mass is 317 g/mol. The van der Waals surface area contributed by atoms with E-state index in [1.54, 1.807) is 30.3 Å². The van der Waals surface area contributed by atoms with Crippen LogP contribution in [0, 0.1) is 6.92 Å². The van der Waals surface area contributed by atoms with E-state index in [1.807, 2.05) is 6.92 Å². The largest absolute Gasteiger partial charge is 0.496 e. The number of ether oxygens (including phenoxy) is 2. The first-order valence-electron chi connectivity index (χ1n) is 7.17. The number of carbonyl (C=O) groups excluding carboxylic acids is 2. The number of aryl methyl sites for hydroxylation is 1. The summed E-state index contributed by atoms with van der Waals surface area (Å²) in [4.78, 5) is 24.0. The molecule has 0 aliphatic carbocycles. The van der Waals surface area contributed by atoms with Gasteiger partial charge in [-0.1, -0.05) is 6.07 Å². The highest BCUT2D eigenvalue weighted by Crippen LogP contribution is 2.19. The minimum absolute atomic E-state index is 0.242. The molecule has 1 heterocycles. The maximum Gasteiger partial charge on any atom is 0.339 e. The van der Waals surface area contributed by atoms with Gasteiger partial charge in [0.15, 0.2) is 6.10 Å². The van der Waals surface area contributed by atoms with E-state index in [2.05, 4.69) is 5.32 Å². The topological polar surface area (TPSA) is 77.8 Å². The maximum atomic E-state index is 12.1. The maximum absolute atomic E-state index is 12.1. The van der Waals surface area contributed by atoms with Crippen molar-refractivity contribution in [1.82, 2.24) is 5.32 Å². The van der Waals surface area contributed by atoms with Gasteiger partial charge in [0.2, 0.25) is 0 Å². The molecule has 0 saturated carbocycles. The molecular formula is C17H19NO5. The first-order valence-corrected chi connectivity index (χ1v) is 7.17. The van der Waals surface area contributed by atoms with Crippen molar-refractivity contribution in [1.29, 1.82) is 0 Å². The van der Waals surface area contributed by atoms with E-state index >= 15 is 0 Å². The lowest BCUT2D eigenvalue weighted by Gasteiger charge is -2.13. The molecule has 2 aromatic rings. The van der Waals surface area contributed by atoms with E-state index in [0.717, 1.165) is 5.56 Å². The molecule has 0 saturated heterocycles. The van der Waals surface area contributed by atoms with Gasteiger partial charge in [0, 0.05) is 0 Å². The molecule has 0 aliphatic rings. The number of hydrogen-bond donors (Lipinski definition) is 1. The fraction of sp³-hybridized carbons (Fsp3) is 0.294. The molecule has 0 bridgehead atoms. The van der Waals surface area contributed by atoms with Gasteiger partial charge in [0.05, 0.1) is 25.5 Å². The smallest absolute Gasteiger partial charge is 0.339 e. The average molecular weight is 317 g/mol. The van der Waals surface area contributed by atoms with E-state index in [0.29, 0.717) is 17.1 Å². The summed E-state index contributed by atoms with van der Waals surface area (Å²) in [5.41, 5.74) is 1.24. The number of methoxy groups -OCH3 is 1. The van der Waals surface area contributed by atoms with Gasteiger partial charge >= 0.3 is 5.97 Å². The second-order valence-corrected chi connectivity index (χ2v) is 5.03. The van der Waals surface area contributed by atoms with E-state index < -0.39 is 18.0 Å². The SMILES string of the molecule is COc1cc(C(=O)O[C@@H](C)C(=O)NCc2ccco2)ccc1C. The highest BCUT2D eigenvalue weighted by molar-refractivity contribution is 5.92. The number of hydrogen-bond acceptors (Lipinski definition) is 5. The van der Waals surface area contributed by atoms with Crippen molar-refractivity contribution in [2.75, 3.05) is 7.11 Å². The highest BCUT2D eigenvalue weighted by atomic mass is 16.5. The summed E-state index contributed by atoms with van der Waals surface area (Å²) in [6.45, 7) is 3.63. The quantitative estimate of drug-likeness (QED) is 0.828. The van der Waals surface area contributed by atoms with Crippen molar-refractivity contribution < 1.29 is 23.5 Å². The highest BCUT2D eigenvalue weighted by Gasteiger charge is 2.19. The lowest BCUT2D eigenvalue weighted by atomic mass is 10.1. The molecule has 0 radical (unpaired) electrons. The third kappa shape index (κ3) is 4.35. The molecule has 23 heavy (non-hydrogen) atoms. The molecule has 1 N–H and O–H groups in total. The second kappa shape index (κ2) is 7.49. The average Bonchev–Trinajstić information content (AvgIpc) is 3.06. The van der Waals surface area contributed by atoms with Crippen LogP contribution >= 0.6 is 0 Å². The van der Waals surface area contributed by atoms with Crippen LogP contribution in [0.5, 0.6) is 5.75 Å². The van der Waals surface area contributed by atoms with Crippen molar-refractivity contribution >= 4 is 11.9 Å². The van der Waals surface area contributed by atoms with Crippen molar-refractivity contribution in [3.8, 4) is 5.75 Å². The van der Waals surface area contributed by atoms with Gasteiger partial charge < -0.3 is 19.2 Å². The molecule has 2 rings (SSSR count). The van der Waals surface area contributed by atoms with Gasteiger partial charge in [-0.2, -0.15) is 0 Å². The summed E-state index contributed by atoms with van der Waals surface area (Å²) in [5, 5.41) is 2.64. The summed E-state index contributed by atoms with van der Waals surface area (Å²) in [7, 11) is 1.53. The minimum atomic E-state index is -0.912. The Hall–Kier alpha value is -2.76. The molecule has 1 amide bonds. The molecule has 0 spiro atoms. The van der Waals surface area contributed by atoms with Crippen LogP contribution in [0.15, 0.2) is 41.0 Å².